The van der Waals surface area contributed by atoms with Crippen molar-refractivity contribution < 1.29 is 4.79 Å². The van der Waals surface area contributed by atoms with Crippen molar-refractivity contribution >= 4 is 22.3 Å². The number of aromatic nitrogens is 6. The Morgan fingerprint density at radius 2 is 1.87 bits per heavy atom. The molecule has 1 aromatic carbocycles. The summed E-state index contributed by atoms with van der Waals surface area (Å²) in [5.74, 6) is 0.246. The van der Waals surface area contributed by atoms with Crippen molar-refractivity contribution in [2.75, 3.05) is 0 Å². The number of imidazole rings is 1. The molecule has 2 fully saturated rings. The zero-order valence-corrected chi connectivity index (χ0v) is 21.4. The lowest BCUT2D eigenvalue weighted by molar-refractivity contribution is -0.0197. The van der Waals surface area contributed by atoms with E-state index in [1.54, 1.807) is 6.20 Å². The molecule has 4 heterocycles. The number of fused-ring (bicyclic) bond motifs is 2. The molecule has 38 heavy (non-hydrogen) atoms. The maximum absolute atomic E-state index is 13.1. The van der Waals surface area contributed by atoms with Crippen LogP contribution in [-0.4, -0.2) is 41.3 Å². The van der Waals surface area contributed by atoms with Crippen LogP contribution in [0.3, 0.4) is 0 Å². The van der Waals surface area contributed by atoms with E-state index < -0.39 is 0 Å². The molecular formula is C29H29N7O2. The van der Waals surface area contributed by atoms with E-state index in [4.69, 9.17) is 0 Å². The lowest BCUT2D eigenvalue weighted by Gasteiger charge is -2.57. The second-order valence-corrected chi connectivity index (χ2v) is 11.3. The summed E-state index contributed by atoms with van der Waals surface area (Å²) in [5.41, 5.74) is 4.43. The van der Waals surface area contributed by atoms with E-state index in [0.29, 0.717) is 23.0 Å². The molecule has 0 atom stereocenters. The largest absolute Gasteiger partial charge is 0.348 e. The van der Waals surface area contributed by atoms with Crippen LogP contribution in [0.25, 0.3) is 27.5 Å². The van der Waals surface area contributed by atoms with Gasteiger partial charge in [0.25, 0.3) is 11.5 Å². The number of carbonyl (C=O) groups is 1. The van der Waals surface area contributed by atoms with Crippen LogP contribution in [0.2, 0.25) is 0 Å². The predicted molar refractivity (Wildman–Crippen MR) is 144 cm³/mol. The van der Waals surface area contributed by atoms with Crippen LogP contribution in [0.5, 0.6) is 0 Å². The number of carbonyl (C=O) groups excluding carboxylic acids is 1. The van der Waals surface area contributed by atoms with Gasteiger partial charge in [0.2, 0.25) is 0 Å². The first-order valence-electron chi connectivity index (χ1n) is 13.2. The van der Waals surface area contributed by atoms with Crippen LogP contribution in [0, 0.1) is 5.41 Å². The number of pyridine rings is 1. The Kier molecular flexibility index (Phi) is 5.04. The fraction of sp³-hybridized carbons (Fsp3) is 0.345. The summed E-state index contributed by atoms with van der Waals surface area (Å²) in [5, 5.41) is 16.3. The number of amides is 1. The summed E-state index contributed by atoms with van der Waals surface area (Å²) in [4.78, 5) is 29.7. The Hall–Kier alpha value is -4.27. The molecule has 0 unspecified atom stereocenters. The minimum Gasteiger partial charge on any atom is -0.348 e. The van der Waals surface area contributed by atoms with Gasteiger partial charge in [-0.2, -0.15) is 10.2 Å². The molecule has 9 heteroatoms. The highest BCUT2D eigenvalue weighted by atomic mass is 16.2. The molecule has 1 amide bonds. The van der Waals surface area contributed by atoms with Crippen molar-refractivity contribution in [3.8, 4) is 11.1 Å². The van der Waals surface area contributed by atoms with Crippen LogP contribution < -0.4 is 10.9 Å². The second kappa shape index (κ2) is 8.37. The first-order chi connectivity index (χ1) is 18.4. The molecule has 1 spiro atoms. The average molecular weight is 508 g/mol. The highest BCUT2D eigenvalue weighted by molar-refractivity contribution is 5.93. The van der Waals surface area contributed by atoms with Gasteiger partial charge in [-0.25, -0.2) is 10.1 Å². The monoisotopic (exact) mass is 507 g/mol. The molecule has 2 saturated carbocycles. The number of benzene rings is 1. The zero-order valence-electron chi connectivity index (χ0n) is 21.4. The van der Waals surface area contributed by atoms with Gasteiger partial charge in [0.1, 0.15) is 11.3 Å². The van der Waals surface area contributed by atoms with E-state index in [-0.39, 0.29) is 22.9 Å². The van der Waals surface area contributed by atoms with Crippen molar-refractivity contribution in [1.29, 1.82) is 0 Å². The molecule has 192 valence electrons. The molecule has 4 aromatic heterocycles. The first kappa shape index (κ1) is 22.9. The first-order valence-corrected chi connectivity index (χ1v) is 13.2. The summed E-state index contributed by atoms with van der Waals surface area (Å²) in [6.45, 7) is 4.19. The maximum atomic E-state index is 13.1. The third-order valence-electron chi connectivity index (χ3n) is 8.37. The van der Waals surface area contributed by atoms with Gasteiger partial charge in [-0.15, -0.1) is 0 Å². The fourth-order valence-electron chi connectivity index (χ4n) is 6.40. The minimum absolute atomic E-state index is 0.0955. The van der Waals surface area contributed by atoms with Crippen LogP contribution in [0.4, 0.5) is 0 Å². The number of nitrogens with zero attached hydrogens (tertiary/aromatic N) is 5. The van der Waals surface area contributed by atoms with Crippen molar-refractivity contribution in [2.24, 2.45) is 5.41 Å². The molecule has 2 N–H and O–H groups in total. The van der Waals surface area contributed by atoms with Gasteiger partial charge in [0.05, 0.1) is 23.5 Å². The van der Waals surface area contributed by atoms with Crippen molar-refractivity contribution in [1.82, 2.24) is 34.7 Å². The van der Waals surface area contributed by atoms with E-state index in [1.165, 1.54) is 0 Å². The van der Waals surface area contributed by atoms with Crippen LogP contribution in [0.15, 0.2) is 66.0 Å². The Bertz CT molecular complexity index is 1750. The molecule has 5 aromatic rings. The van der Waals surface area contributed by atoms with Gasteiger partial charge >= 0.3 is 0 Å². The fourth-order valence-corrected chi connectivity index (χ4v) is 6.40. The standard InChI is InChI=1S/C29H29N7O2/c1-17(2)36-16-20(14-31-36)18-7-8-35-24(15-30-25(35)9-18)28(38)32-21-12-29(13-21)10-19(11-29)26-22-5-3-4-6-23(22)27(37)34-33-26/h3-9,14-17,19,21H,10-13H2,1-2H3,(H,32,38)(H,34,37). The maximum Gasteiger partial charge on any atom is 0.272 e. The van der Waals surface area contributed by atoms with Crippen LogP contribution >= 0.6 is 0 Å². The summed E-state index contributed by atoms with van der Waals surface area (Å²) in [6.07, 6.45) is 11.4. The Labute approximate surface area is 218 Å². The highest BCUT2D eigenvalue weighted by Crippen LogP contribution is 2.62. The normalized spacial score (nSPS) is 22.6. The van der Waals surface area contributed by atoms with Gasteiger partial charge in [-0.05, 0) is 68.7 Å². The van der Waals surface area contributed by atoms with Crippen molar-refractivity contribution in [3.63, 3.8) is 0 Å². The third kappa shape index (κ3) is 3.64. The minimum atomic E-state index is -0.143. The summed E-state index contributed by atoms with van der Waals surface area (Å²) in [7, 11) is 0. The zero-order chi connectivity index (χ0) is 26.0. The number of aromatic amines is 1. The van der Waals surface area contributed by atoms with E-state index >= 15 is 0 Å². The van der Waals surface area contributed by atoms with Gasteiger partial charge in [0, 0.05) is 41.3 Å². The summed E-state index contributed by atoms with van der Waals surface area (Å²) in [6, 6.07) is 12.1. The van der Waals surface area contributed by atoms with E-state index in [0.717, 1.165) is 53.5 Å². The number of hydrogen-bond donors (Lipinski definition) is 2. The van der Waals surface area contributed by atoms with Crippen molar-refractivity contribution in [3.05, 3.63) is 82.9 Å². The summed E-state index contributed by atoms with van der Waals surface area (Å²) >= 11 is 0. The van der Waals surface area contributed by atoms with Crippen LogP contribution in [0.1, 0.15) is 67.7 Å². The second-order valence-electron chi connectivity index (χ2n) is 11.3. The molecule has 2 aliphatic rings. The molecule has 2 aliphatic carbocycles. The number of hydrogen-bond acceptors (Lipinski definition) is 5. The van der Waals surface area contributed by atoms with Crippen molar-refractivity contribution in [2.45, 2.75) is 57.5 Å². The topological polar surface area (TPSA) is 110 Å². The SMILES string of the molecule is CC(C)n1cc(-c2ccn3c(C(=O)NC4CC5(C4)CC(c4n[nH]c(=O)c6ccccc46)C5)cnc3c2)cn1. The molecule has 0 bridgehead atoms. The molecule has 9 nitrogen and oxygen atoms in total. The highest BCUT2D eigenvalue weighted by Gasteiger charge is 2.54. The van der Waals surface area contributed by atoms with Gasteiger partial charge in [0.15, 0.2) is 0 Å². The number of H-pyrrole nitrogens is 1. The summed E-state index contributed by atoms with van der Waals surface area (Å²) < 4.78 is 3.77. The van der Waals surface area contributed by atoms with Gasteiger partial charge < -0.3 is 5.32 Å². The van der Waals surface area contributed by atoms with E-state index in [2.05, 4.69) is 39.4 Å². The Balaban J connectivity index is 1.00. The van der Waals surface area contributed by atoms with Crippen LogP contribution in [-0.2, 0) is 0 Å². The lowest BCUT2D eigenvalue weighted by atomic mass is 9.49. The predicted octanol–water partition coefficient (Wildman–Crippen LogP) is 4.47. The smallest absolute Gasteiger partial charge is 0.272 e. The quantitative estimate of drug-likeness (QED) is 0.365. The van der Waals surface area contributed by atoms with Gasteiger partial charge in [-0.1, -0.05) is 18.2 Å². The molecular weight excluding hydrogens is 478 g/mol. The number of nitrogens with one attached hydrogen (secondary N) is 2. The average Bonchev–Trinajstić information content (AvgIpc) is 3.53. The van der Waals surface area contributed by atoms with E-state index in [9.17, 15) is 9.59 Å². The lowest BCUT2D eigenvalue weighted by Crippen LogP contribution is -2.55. The van der Waals surface area contributed by atoms with E-state index in [1.807, 2.05) is 64.1 Å². The molecule has 0 aliphatic heterocycles. The molecule has 0 saturated heterocycles. The Morgan fingerprint density at radius 3 is 2.63 bits per heavy atom. The third-order valence-corrected chi connectivity index (χ3v) is 8.37. The molecule has 7 rings (SSSR count). The Morgan fingerprint density at radius 1 is 1.08 bits per heavy atom. The van der Waals surface area contributed by atoms with Gasteiger partial charge in [-0.3, -0.25) is 18.7 Å². The number of rotatable bonds is 5. The molecule has 0 radical (unpaired) electrons.